The quantitative estimate of drug-likeness (QED) is 0.851. The molecule has 2 rings (SSSR count). The monoisotopic (exact) mass is 308 g/mol. The Kier molecular flexibility index (Phi) is 4.22. The van der Waals surface area contributed by atoms with E-state index < -0.39 is 41.2 Å². The summed E-state index contributed by atoms with van der Waals surface area (Å²) in [5, 5.41) is 18.3. The maximum absolute atomic E-state index is 13.0. The van der Waals surface area contributed by atoms with Crippen LogP contribution in [0.2, 0.25) is 0 Å². The number of aromatic carboxylic acids is 1. The molecule has 0 saturated carbocycles. The average Bonchev–Trinajstić information content (AvgIpc) is 2.48. The number of carboxylic acid groups (broad SMARTS) is 1. The molecule has 1 aromatic heterocycles. The molecule has 0 fully saturated rings. The normalized spacial score (nSPS) is 12.1. The van der Waals surface area contributed by atoms with Gasteiger partial charge in [-0.2, -0.15) is 0 Å². The molecule has 1 heterocycles. The highest BCUT2D eigenvalue weighted by Crippen LogP contribution is 2.07. The zero-order valence-corrected chi connectivity index (χ0v) is 11.6. The van der Waals surface area contributed by atoms with E-state index >= 15 is 0 Å². The Bertz CT molecular complexity index is 823. The molecule has 0 aliphatic rings. The standard InChI is InChI=1S/C14H13FN2O5/c1-8(7-18)16-6-11(13(20)21)12(19)17(14(16)22)10-4-2-9(15)3-5-10/h2-6,8,18H,7H2,1H3,(H,20,21)/t8-/m1/s1. The lowest BCUT2D eigenvalue weighted by molar-refractivity contribution is 0.0692. The van der Waals surface area contributed by atoms with Gasteiger partial charge >= 0.3 is 11.7 Å². The van der Waals surface area contributed by atoms with Crippen molar-refractivity contribution in [3.05, 3.63) is 62.7 Å². The minimum atomic E-state index is -1.50. The van der Waals surface area contributed by atoms with E-state index in [1.807, 2.05) is 0 Å². The summed E-state index contributed by atoms with van der Waals surface area (Å²) >= 11 is 0. The molecule has 0 amide bonds. The highest BCUT2D eigenvalue weighted by Gasteiger charge is 2.19. The third-order valence-corrected chi connectivity index (χ3v) is 3.17. The predicted octanol–water partition coefficient (Wildman–Crippen LogP) is 0.390. The number of nitrogens with zero attached hydrogens (tertiary/aromatic N) is 2. The molecule has 0 unspecified atom stereocenters. The van der Waals surface area contributed by atoms with Crippen LogP contribution in [-0.2, 0) is 0 Å². The molecule has 2 aromatic rings. The van der Waals surface area contributed by atoms with Gasteiger partial charge in [0.25, 0.3) is 5.56 Å². The van der Waals surface area contributed by atoms with E-state index in [9.17, 15) is 18.8 Å². The van der Waals surface area contributed by atoms with Crippen molar-refractivity contribution in [2.75, 3.05) is 6.61 Å². The molecular weight excluding hydrogens is 295 g/mol. The van der Waals surface area contributed by atoms with Gasteiger partial charge in [-0.05, 0) is 31.2 Å². The second-order valence-electron chi connectivity index (χ2n) is 4.69. The van der Waals surface area contributed by atoms with Crippen LogP contribution in [0.5, 0.6) is 0 Å². The molecular formula is C14H13FN2O5. The minimum Gasteiger partial charge on any atom is -0.477 e. The first-order chi connectivity index (χ1) is 10.4. The van der Waals surface area contributed by atoms with Gasteiger partial charge in [-0.3, -0.25) is 9.36 Å². The molecule has 8 heteroatoms. The van der Waals surface area contributed by atoms with Gasteiger partial charge in [-0.1, -0.05) is 0 Å². The van der Waals surface area contributed by atoms with Crippen LogP contribution in [0.15, 0.2) is 40.1 Å². The minimum absolute atomic E-state index is 0.0402. The number of hydrogen-bond donors (Lipinski definition) is 2. The Morgan fingerprint density at radius 3 is 2.36 bits per heavy atom. The van der Waals surface area contributed by atoms with Gasteiger partial charge in [0, 0.05) is 6.20 Å². The number of aliphatic hydroxyl groups is 1. The van der Waals surface area contributed by atoms with E-state index in [1.165, 1.54) is 19.1 Å². The van der Waals surface area contributed by atoms with Gasteiger partial charge in [0.2, 0.25) is 0 Å². The fourth-order valence-electron chi connectivity index (χ4n) is 1.94. The van der Waals surface area contributed by atoms with Crippen LogP contribution in [0.1, 0.15) is 23.3 Å². The number of aliphatic hydroxyl groups excluding tert-OH is 1. The van der Waals surface area contributed by atoms with Crippen LogP contribution in [0.3, 0.4) is 0 Å². The van der Waals surface area contributed by atoms with E-state index in [2.05, 4.69) is 0 Å². The number of carbonyl (C=O) groups is 1. The molecule has 22 heavy (non-hydrogen) atoms. The summed E-state index contributed by atoms with van der Waals surface area (Å²) in [7, 11) is 0. The molecule has 0 radical (unpaired) electrons. The Balaban J connectivity index is 2.84. The van der Waals surface area contributed by atoms with E-state index in [4.69, 9.17) is 10.2 Å². The Morgan fingerprint density at radius 1 is 1.27 bits per heavy atom. The number of halogens is 1. The summed E-state index contributed by atoms with van der Waals surface area (Å²) in [6.07, 6.45) is 0.897. The summed E-state index contributed by atoms with van der Waals surface area (Å²) in [5.41, 5.74) is -2.42. The highest BCUT2D eigenvalue weighted by atomic mass is 19.1. The molecule has 0 bridgehead atoms. The zero-order valence-electron chi connectivity index (χ0n) is 11.6. The van der Waals surface area contributed by atoms with Gasteiger partial charge in [-0.25, -0.2) is 18.5 Å². The van der Waals surface area contributed by atoms with Crippen molar-refractivity contribution in [1.82, 2.24) is 9.13 Å². The zero-order chi connectivity index (χ0) is 16.4. The predicted molar refractivity (Wildman–Crippen MR) is 75.0 cm³/mol. The lowest BCUT2D eigenvalue weighted by Gasteiger charge is -2.15. The van der Waals surface area contributed by atoms with E-state index in [0.717, 1.165) is 22.9 Å². The topological polar surface area (TPSA) is 102 Å². The molecule has 2 N–H and O–H groups in total. The molecule has 116 valence electrons. The van der Waals surface area contributed by atoms with Crippen LogP contribution >= 0.6 is 0 Å². The molecule has 7 nitrogen and oxygen atoms in total. The van der Waals surface area contributed by atoms with E-state index in [0.29, 0.717) is 4.57 Å². The fraction of sp³-hybridized carbons (Fsp3) is 0.214. The van der Waals surface area contributed by atoms with Crippen LogP contribution in [0.4, 0.5) is 4.39 Å². The number of carboxylic acids is 1. The summed E-state index contributed by atoms with van der Waals surface area (Å²) in [6.45, 7) is 1.08. The molecule has 0 aliphatic carbocycles. The number of aromatic nitrogens is 2. The summed E-state index contributed by atoms with van der Waals surface area (Å²) in [4.78, 5) is 35.8. The largest absolute Gasteiger partial charge is 0.477 e. The van der Waals surface area contributed by atoms with Crippen molar-refractivity contribution >= 4 is 5.97 Å². The van der Waals surface area contributed by atoms with Crippen LogP contribution in [0, 0.1) is 5.82 Å². The van der Waals surface area contributed by atoms with Crippen molar-refractivity contribution in [3.63, 3.8) is 0 Å². The van der Waals surface area contributed by atoms with Crippen LogP contribution in [0.25, 0.3) is 5.69 Å². The lowest BCUT2D eigenvalue weighted by atomic mass is 10.2. The van der Waals surface area contributed by atoms with Crippen molar-refractivity contribution in [3.8, 4) is 5.69 Å². The summed E-state index contributed by atoms with van der Waals surface area (Å²) in [5.74, 6) is -2.06. The van der Waals surface area contributed by atoms with Crippen LogP contribution < -0.4 is 11.2 Å². The summed E-state index contributed by atoms with van der Waals surface area (Å²) in [6, 6.07) is 3.76. The maximum atomic E-state index is 13.0. The van der Waals surface area contributed by atoms with Crippen molar-refractivity contribution in [2.24, 2.45) is 0 Å². The first kappa shape index (κ1) is 15.6. The van der Waals surface area contributed by atoms with E-state index in [-0.39, 0.29) is 5.69 Å². The number of rotatable bonds is 4. The van der Waals surface area contributed by atoms with Crippen molar-refractivity contribution in [1.29, 1.82) is 0 Å². The van der Waals surface area contributed by atoms with Gasteiger partial charge < -0.3 is 10.2 Å². The maximum Gasteiger partial charge on any atom is 0.342 e. The number of hydrogen-bond acceptors (Lipinski definition) is 4. The summed E-state index contributed by atoms with van der Waals surface area (Å²) < 4.78 is 14.6. The molecule has 0 saturated heterocycles. The number of benzene rings is 1. The van der Waals surface area contributed by atoms with Gasteiger partial charge in [-0.15, -0.1) is 0 Å². The molecule has 0 aliphatic heterocycles. The smallest absolute Gasteiger partial charge is 0.342 e. The van der Waals surface area contributed by atoms with Crippen molar-refractivity contribution < 1.29 is 19.4 Å². The van der Waals surface area contributed by atoms with Gasteiger partial charge in [0.15, 0.2) is 0 Å². The second kappa shape index (κ2) is 5.94. The average molecular weight is 308 g/mol. The Hall–Kier alpha value is -2.74. The Labute approximate surface area is 123 Å². The fourth-order valence-corrected chi connectivity index (χ4v) is 1.94. The molecule has 1 aromatic carbocycles. The first-order valence-corrected chi connectivity index (χ1v) is 6.35. The lowest BCUT2D eigenvalue weighted by Crippen LogP contribution is -2.42. The van der Waals surface area contributed by atoms with Gasteiger partial charge in [0.05, 0.1) is 18.3 Å². The first-order valence-electron chi connectivity index (χ1n) is 6.35. The molecule has 1 atom stereocenters. The van der Waals surface area contributed by atoms with E-state index in [1.54, 1.807) is 0 Å². The SMILES string of the molecule is C[C@H](CO)n1cc(C(=O)O)c(=O)n(-c2ccc(F)cc2)c1=O. The third kappa shape index (κ3) is 2.68. The van der Waals surface area contributed by atoms with Crippen LogP contribution in [-0.4, -0.2) is 31.9 Å². The highest BCUT2D eigenvalue weighted by molar-refractivity contribution is 5.86. The van der Waals surface area contributed by atoms with Gasteiger partial charge in [0.1, 0.15) is 11.4 Å². The Morgan fingerprint density at radius 2 is 1.86 bits per heavy atom. The van der Waals surface area contributed by atoms with Crippen molar-refractivity contribution in [2.45, 2.75) is 13.0 Å². The molecule has 0 spiro atoms. The third-order valence-electron chi connectivity index (χ3n) is 3.17. The second-order valence-corrected chi connectivity index (χ2v) is 4.69.